The fourth-order valence-corrected chi connectivity index (χ4v) is 3.13. The molecule has 0 unspecified atom stereocenters. The molecule has 3 nitrogen and oxygen atoms in total. The minimum absolute atomic E-state index is 0.545. The van der Waals surface area contributed by atoms with Crippen molar-refractivity contribution in [3.05, 3.63) is 45.7 Å². The van der Waals surface area contributed by atoms with Gasteiger partial charge in [0, 0.05) is 27.3 Å². The normalized spacial score (nSPS) is 10.7. The average Bonchev–Trinajstić information content (AvgIpc) is 2.30. The molecule has 0 aliphatic heterocycles. The molecule has 0 bridgehead atoms. The lowest BCUT2D eigenvalue weighted by atomic mass is 10.2. The van der Waals surface area contributed by atoms with Gasteiger partial charge in [0.2, 0.25) is 0 Å². The third-order valence-electron chi connectivity index (χ3n) is 2.40. The van der Waals surface area contributed by atoms with E-state index in [1.807, 2.05) is 38.1 Å². The summed E-state index contributed by atoms with van der Waals surface area (Å²) in [5, 5.41) is 0.772. The lowest BCUT2D eigenvalue weighted by molar-refractivity contribution is 0.901. The number of hydrogen-bond donors (Lipinski definition) is 1. The van der Waals surface area contributed by atoms with Crippen LogP contribution in [-0.2, 0) is 6.54 Å². The molecule has 5 heteroatoms. The first kappa shape index (κ1) is 13.5. The minimum atomic E-state index is 0.545. The van der Waals surface area contributed by atoms with Crippen LogP contribution >= 0.6 is 27.7 Å². The fourth-order valence-electron chi connectivity index (χ4n) is 1.59. The van der Waals surface area contributed by atoms with Crippen LogP contribution in [0.3, 0.4) is 0 Å². The highest BCUT2D eigenvalue weighted by Crippen LogP contribution is 2.32. The lowest BCUT2D eigenvalue weighted by Gasteiger charge is -2.06. The quantitative estimate of drug-likeness (QED) is 0.879. The topological polar surface area (TPSA) is 51.8 Å². The van der Waals surface area contributed by atoms with Crippen LogP contribution in [0.5, 0.6) is 0 Å². The van der Waals surface area contributed by atoms with Crippen LogP contribution in [0.4, 0.5) is 0 Å². The third kappa shape index (κ3) is 3.31. The summed E-state index contributed by atoms with van der Waals surface area (Å²) in [6, 6.07) is 8.06. The predicted molar refractivity (Wildman–Crippen MR) is 77.7 cm³/mol. The highest BCUT2D eigenvalue weighted by atomic mass is 79.9. The van der Waals surface area contributed by atoms with Gasteiger partial charge < -0.3 is 5.73 Å². The van der Waals surface area contributed by atoms with Crippen LogP contribution in [0.25, 0.3) is 0 Å². The summed E-state index contributed by atoms with van der Waals surface area (Å²) < 4.78 is 1.03. The van der Waals surface area contributed by atoms with E-state index < -0.39 is 0 Å². The fraction of sp³-hybridized carbons (Fsp3) is 0.231. The molecule has 94 valence electrons. The number of nitrogens with zero attached hydrogens (tertiary/aromatic N) is 2. The van der Waals surface area contributed by atoms with Gasteiger partial charge in [-0.1, -0.05) is 6.07 Å². The Hall–Kier alpha value is -0.910. The Balaban J connectivity index is 2.28. The highest BCUT2D eigenvalue weighted by molar-refractivity contribution is 9.10. The van der Waals surface area contributed by atoms with E-state index in [1.165, 1.54) is 0 Å². The predicted octanol–water partition coefficient (Wildman–Crippen LogP) is 3.47. The van der Waals surface area contributed by atoms with Gasteiger partial charge in [0.1, 0.15) is 0 Å². The smallest absolute Gasteiger partial charge is 0.192 e. The molecule has 1 aromatic heterocycles. The lowest BCUT2D eigenvalue weighted by Crippen LogP contribution is -1.96. The Morgan fingerprint density at radius 3 is 2.39 bits per heavy atom. The zero-order valence-electron chi connectivity index (χ0n) is 10.3. The van der Waals surface area contributed by atoms with Crippen molar-refractivity contribution in [3.63, 3.8) is 0 Å². The summed E-state index contributed by atoms with van der Waals surface area (Å²) in [5.41, 5.74) is 8.68. The maximum Gasteiger partial charge on any atom is 0.192 e. The van der Waals surface area contributed by atoms with Gasteiger partial charge in [-0.25, -0.2) is 9.97 Å². The largest absolute Gasteiger partial charge is 0.326 e. The monoisotopic (exact) mass is 323 g/mol. The first-order valence-electron chi connectivity index (χ1n) is 5.57. The van der Waals surface area contributed by atoms with E-state index >= 15 is 0 Å². The van der Waals surface area contributed by atoms with Crippen LogP contribution in [0.1, 0.15) is 17.0 Å². The Morgan fingerprint density at radius 1 is 1.17 bits per heavy atom. The molecule has 0 radical (unpaired) electrons. The SMILES string of the molecule is Cc1cc(C)nc(Sc2ccc(CN)cc2Br)n1. The van der Waals surface area contributed by atoms with Gasteiger partial charge in [0.05, 0.1) is 0 Å². The molecule has 0 atom stereocenters. The summed E-state index contributed by atoms with van der Waals surface area (Å²) >= 11 is 5.10. The Morgan fingerprint density at radius 2 is 1.83 bits per heavy atom. The number of benzene rings is 1. The minimum Gasteiger partial charge on any atom is -0.326 e. The van der Waals surface area contributed by atoms with Crippen molar-refractivity contribution >= 4 is 27.7 Å². The molecule has 0 fully saturated rings. The summed E-state index contributed by atoms with van der Waals surface area (Å²) in [6.07, 6.45) is 0. The van der Waals surface area contributed by atoms with E-state index in [9.17, 15) is 0 Å². The molecule has 0 aliphatic rings. The molecular weight excluding hydrogens is 310 g/mol. The molecule has 0 amide bonds. The van der Waals surface area contributed by atoms with Gasteiger partial charge in [0.25, 0.3) is 0 Å². The number of rotatable bonds is 3. The highest BCUT2D eigenvalue weighted by Gasteiger charge is 2.06. The molecule has 1 heterocycles. The zero-order chi connectivity index (χ0) is 13.1. The first-order valence-corrected chi connectivity index (χ1v) is 7.18. The van der Waals surface area contributed by atoms with E-state index in [2.05, 4.69) is 25.9 Å². The molecule has 1 aromatic carbocycles. The summed E-state index contributed by atoms with van der Waals surface area (Å²) in [7, 11) is 0. The van der Waals surface area contributed by atoms with Gasteiger partial charge in [-0.3, -0.25) is 0 Å². The number of nitrogens with two attached hydrogens (primary N) is 1. The number of aryl methyl sites for hydroxylation is 2. The number of halogens is 1. The molecule has 2 aromatic rings. The summed E-state index contributed by atoms with van der Waals surface area (Å²) in [5.74, 6) is 0. The van der Waals surface area contributed by atoms with Crippen molar-refractivity contribution in [2.45, 2.75) is 30.4 Å². The van der Waals surface area contributed by atoms with Crippen molar-refractivity contribution < 1.29 is 0 Å². The van der Waals surface area contributed by atoms with Crippen LogP contribution in [0.15, 0.2) is 38.8 Å². The second-order valence-electron chi connectivity index (χ2n) is 4.00. The molecule has 18 heavy (non-hydrogen) atoms. The maximum atomic E-state index is 5.61. The maximum absolute atomic E-state index is 5.61. The van der Waals surface area contributed by atoms with Gasteiger partial charge in [-0.2, -0.15) is 0 Å². The van der Waals surface area contributed by atoms with Crippen LogP contribution in [0.2, 0.25) is 0 Å². The van der Waals surface area contributed by atoms with Gasteiger partial charge >= 0.3 is 0 Å². The van der Waals surface area contributed by atoms with Crippen LogP contribution < -0.4 is 5.73 Å². The standard InChI is InChI=1S/C13H14BrN3S/c1-8-5-9(2)17-13(16-8)18-12-4-3-10(7-15)6-11(12)14/h3-6H,7,15H2,1-2H3. The van der Waals surface area contributed by atoms with Crippen LogP contribution in [-0.4, -0.2) is 9.97 Å². The average molecular weight is 324 g/mol. The van der Waals surface area contributed by atoms with Crippen molar-refractivity contribution in [3.8, 4) is 0 Å². The number of aromatic nitrogens is 2. The van der Waals surface area contributed by atoms with Crippen molar-refractivity contribution in [1.29, 1.82) is 0 Å². The molecular formula is C13H14BrN3S. The molecule has 2 N–H and O–H groups in total. The molecule has 0 saturated carbocycles. The second-order valence-corrected chi connectivity index (χ2v) is 5.87. The van der Waals surface area contributed by atoms with E-state index in [0.29, 0.717) is 6.54 Å². The Kier molecular flexibility index (Phi) is 4.37. The molecule has 0 aliphatic carbocycles. The molecule has 0 saturated heterocycles. The first-order chi connectivity index (χ1) is 8.58. The second kappa shape index (κ2) is 5.82. The summed E-state index contributed by atoms with van der Waals surface area (Å²) in [4.78, 5) is 9.93. The Bertz CT molecular complexity index is 552. The van der Waals surface area contributed by atoms with Crippen molar-refractivity contribution in [1.82, 2.24) is 9.97 Å². The number of hydrogen-bond acceptors (Lipinski definition) is 4. The van der Waals surface area contributed by atoms with Crippen molar-refractivity contribution in [2.75, 3.05) is 0 Å². The van der Waals surface area contributed by atoms with Gasteiger partial charge in [-0.15, -0.1) is 0 Å². The zero-order valence-corrected chi connectivity index (χ0v) is 12.7. The van der Waals surface area contributed by atoms with Crippen molar-refractivity contribution in [2.24, 2.45) is 5.73 Å². The summed E-state index contributed by atoms with van der Waals surface area (Å²) in [6.45, 7) is 4.50. The van der Waals surface area contributed by atoms with Crippen LogP contribution in [0, 0.1) is 13.8 Å². The third-order valence-corrected chi connectivity index (χ3v) is 4.25. The van der Waals surface area contributed by atoms with E-state index in [0.717, 1.165) is 31.5 Å². The molecule has 0 spiro atoms. The Labute approximate surface area is 119 Å². The van der Waals surface area contributed by atoms with Gasteiger partial charge in [0.15, 0.2) is 5.16 Å². The molecule has 2 rings (SSSR count). The van der Waals surface area contributed by atoms with E-state index in [4.69, 9.17) is 5.73 Å². The van der Waals surface area contributed by atoms with E-state index in [1.54, 1.807) is 11.8 Å². The van der Waals surface area contributed by atoms with E-state index in [-0.39, 0.29) is 0 Å². The van der Waals surface area contributed by atoms with Gasteiger partial charge in [-0.05, 0) is 65.3 Å².